The molecule has 2 heterocycles. The second-order valence-electron chi connectivity index (χ2n) is 6.29. The molecule has 0 fully saturated rings. The van der Waals surface area contributed by atoms with E-state index >= 15 is 0 Å². The van der Waals surface area contributed by atoms with E-state index in [0.717, 1.165) is 42.0 Å². The Morgan fingerprint density at radius 2 is 1.72 bits per heavy atom. The minimum Gasteiger partial charge on any atom is -0.480 e. The van der Waals surface area contributed by atoms with Crippen LogP contribution in [-0.2, 0) is 17.6 Å². The highest BCUT2D eigenvalue weighted by molar-refractivity contribution is 6.03. The molecular weight excluding hydrogens is 322 g/mol. The van der Waals surface area contributed by atoms with Gasteiger partial charge in [-0.15, -0.1) is 0 Å². The molecule has 0 spiro atoms. The number of fused-ring (bicyclic) bond motifs is 3. The maximum Gasteiger partial charge on any atom is 0.323 e. The van der Waals surface area contributed by atoms with Crippen molar-refractivity contribution in [2.75, 3.05) is 6.54 Å². The van der Waals surface area contributed by atoms with Crippen LogP contribution < -0.4 is 0 Å². The second kappa shape index (κ2) is 5.93. The molecule has 1 aromatic carbocycles. The Bertz CT molecular complexity index is 922. The zero-order valence-electron chi connectivity index (χ0n) is 13.5. The molecule has 25 heavy (non-hydrogen) atoms. The number of hydrogen-bond donors (Lipinski definition) is 2. The van der Waals surface area contributed by atoms with E-state index in [1.165, 1.54) is 0 Å². The summed E-state index contributed by atoms with van der Waals surface area (Å²) in [5.74, 6) is -1.67. The number of nitrogens with zero attached hydrogens (tertiary/aromatic N) is 3. The van der Waals surface area contributed by atoms with Gasteiger partial charge < -0.3 is 10.2 Å². The highest BCUT2D eigenvalue weighted by atomic mass is 16.4. The van der Waals surface area contributed by atoms with Gasteiger partial charge in [0, 0.05) is 11.1 Å². The van der Waals surface area contributed by atoms with E-state index in [4.69, 9.17) is 5.11 Å². The second-order valence-corrected chi connectivity index (χ2v) is 6.29. The molecule has 4 rings (SSSR count). The molecule has 128 valence electrons. The number of carbonyl (C=O) groups is 2. The van der Waals surface area contributed by atoms with Crippen molar-refractivity contribution in [2.24, 2.45) is 0 Å². The minimum atomic E-state index is -1.27. The molecule has 2 aliphatic rings. The highest BCUT2D eigenvalue weighted by Gasteiger charge is 2.37. The van der Waals surface area contributed by atoms with Gasteiger partial charge in [-0.05, 0) is 37.8 Å². The molecule has 1 aliphatic carbocycles. The zero-order chi connectivity index (χ0) is 17.6. The number of benzene rings is 1. The summed E-state index contributed by atoms with van der Waals surface area (Å²) in [6.45, 7) is -0.548. The van der Waals surface area contributed by atoms with Gasteiger partial charge in [-0.25, -0.2) is 9.97 Å². The number of aliphatic carboxylic acids is 1. The first-order valence-electron chi connectivity index (χ1n) is 8.24. The van der Waals surface area contributed by atoms with Gasteiger partial charge in [0.2, 0.25) is 0 Å². The van der Waals surface area contributed by atoms with Gasteiger partial charge in [0.1, 0.15) is 6.54 Å². The van der Waals surface area contributed by atoms with Crippen molar-refractivity contribution < 1.29 is 19.8 Å². The van der Waals surface area contributed by atoms with Crippen LogP contribution in [0.5, 0.6) is 0 Å². The number of rotatable bonds is 2. The number of allylic oxidation sites excluding steroid dienone is 2. The maximum absolute atomic E-state index is 12.4. The fourth-order valence-corrected chi connectivity index (χ4v) is 3.40. The van der Waals surface area contributed by atoms with Gasteiger partial charge in [0.15, 0.2) is 6.23 Å². The standard InChI is InChI=1S/C18H17N3O4/c22-16(23)9-21-17(24)10-7-14-15(8-11(10)18(21)25)20-13-6-4-2-1-3-5-12(13)19-14/h1-2,7-8,17,24H,3-6,9H2,(H,22,23)/b2-1+. The van der Waals surface area contributed by atoms with Crippen molar-refractivity contribution in [3.63, 3.8) is 0 Å². The molecule has 7 heteroatoms. The third-order valence-electron chi connectivity index (χ3n) is 4.62. The van der Waals surface area contributed by atoms with E-state index in [1.54, 1.807) is 12.1 Å². The zero-order valence-corrected chi connectivity index (χ0v) is 13.5. The Hall–Kier alpha value is -2.80. The number of aryl methyl sites for hydroxylation is 2. The van der Waals surface area contributed by atoms with Gasteiger partial charge in [-0.3, -0.25) is 14.5 Å². The largest absolute Gasteiger partial charge is 0.480 e. The van der Waals surface area contributed by atoms with Crippen molar-refractivity contribution in [3.8, 4) is 0 Å². The topological polar surface area (TPSA) is 104 Å². The monoisotopic (exact) mass is 339 g/mol. The number of aliphatic hydroxyl groups is 1. The molecule has 7 nitrogen and oxygen atoms in total. The summed E-state index contributed by atoms with van der Waals surface area (Å²) in [6.07, 6.45) is 6.43. The quantitative estimate of drug-likeness (QED) is 0.806. The van der Waals surface area contributed by atoms with Crippen LogP contribution in [0.2, 0.25) is 0 Å². The van der Waals surface area contributed by atoms with Crippen molar-refractivity contribution in [1.29, 1.82) is 0 Å². The third-order valence-corrected chi connectivity index (χ3v) is 4.62. The molecule has 0 radical (unpaired) electrons. The number of carbonyl (C=O) groups excluding carboxylic acids is 1. The van der Waals surface area contributed by atoms with Crippen molar-refractivity contribution in [2.45, 2.75) is 31.9 Å². The third kappa shape index (κ3) is 2.66. The summed E-state index contributed by atoms with van der Waals surface area (Å²) < 4.78 is 0. The van der Waals surface area contributed by atoms with E-state index in [-0.39, 0.29) is 0 Å². The van der Waals surface area contributed by atoms with Crippen LogP contribution in [0.1, 0.15) is 46.4 Å². The number of aromatic nitrogens is 2. The van der Waals surface area contributed by atoms with Crippen molar-refractivity contribution in [3.05, 3.63) is 46.8 Å². The average molecular weight is 339 g/mol. The molecule has 0 saturated carbocycles. The lowest BCUT2D eigenvalue weighted by atomic mass is 10.0. The van der Waals surface area contributed by atoms with E-state index in [9.17, 15) is 14.7 Å². The molecule has 1 aliphatic heterocycles. The summed E-state index contributed by atoms with van der Waals surface area (Å²) in [4.78, 5) is 33.7. The van der Waals surface area contributed by atoms with Crippen LogP contribution in [0.3, 0.4) is 0 Å². The predicted octanol–water partition coefficient (Wildman–Crippen LogP) is 1.60. The molecule has 2 aromatic rings. The minimum absolute atomic E-state index is 0.293. The number of amides is 1. The summed E-state index contributed by atoms with van der Waals surface area (Å²) >= 11 is 0. The summed E-state index contributed by atoms with van der Waals surface area (Å²) in [7, 11) is 0. The molecule has 1 unspecified atom stereocenters. The lowest BCUT2D eigenvalue weighted by Gasteiger charge is -2.18. The molecule has 1 amide bonds. The summed E-state index contributed by atoms with van der Waals surface area (Å²) in [6, 6.07) is 3.26. The Morgan fingerprint density at radius 3 is 2.32 bits per heavy atom. The SMILES string of the molecule is O=C(O)CN1C(=O)c2cc3nc4c(nc3cc2C1O)CC/C=C/CC4. The van der Waals surface area contributed by atoms with Crippen molar-refractivity contribution >= 4 is 22.9 Å². The molecule has 1 aromatic heterocycles. The molecule has 1 atom stereocenters. The fourth-order valence-electron chi connectivity index (χ4n) is 3.40. The fraction of sp³-hybridized carbons (Fsp3) is 0.333. The van der Waals surface area contributed by atoms with Gasteiger partial charge in [0.05, 0.1) is 22.4 Å². The normalized spacial score (nSPS) is 20.8. The average Bonchev–Trinajstić information content (AvgIpc) is 2.77. The number of carboxylic acid groups (broad SMARTS) is 1. The van der Waals surface area contributed by atoms with Gasteiger partial charge >= 0.3 is 5.97 Å². The van der Waals surface area contributed by atoms with Crippen LogP contribution >= 0.6 is 0 Å². The Balaban J connectivity index is 1.81. The summed E-state index contributed by atoms with van der Waals surface area (Å²) in [5.41, 5.74) is 3.77. The Kier molecular flexibility index (Phi) is 3.73. The van der Waals surface area contributed by atoms with Gasteiger partial charge in [-0.1, -0.05) is 12.2 Å². The van der Waals surface area contributed by atoms with Crippen LogP contribution in [0, 0.1) is 0 Å². The molecular formula is C18H17N3O4. The first kappa shape index (κ1) is 15.7. The summed E-state index contributed by atoms with van der Waals surface area (Å²) in [5, 5.41) is 19.3. The predicted molar refractivity (Wildman–Crippen MR) is 89.0 cm³/mol. The van der Waals surface area contributed by atoms with Crippen LogP contribution in [0.15, 0.2) is 24.3 Å². The highest BCUT2D eigenvalue weighted by Crippen LogP contribution is 2.34. The van der Waals surface area contributed by atoms with E-state index in [0.29, 0.717) is 22.2 Å². The first-order valence-corrected chi connectivity index (χ1v) is 8.24. The van der Waals surface area contributed by atoms with E-state index in [1.807, 2.05) is 0 Å². The lowest BCUT2D eigenvalue weighted by Crippen LogP contribution is -2.33. The van der Waals surface area contributed by atoms with Gasteiger partial charge in [-0.2, -0.15) is 0 Å². The Morgan fingerprint density at radius 1 is 1.12 bits per heavy atom. The number of aliphatic hydroxyl groups excluding tert-OH is 1. The number of hydrogen-bond acceptors (Lipinski definition) is 5. The Labute approximate surface area is 143 Å². The molecule has 2 N–H and O–H groups in total. The van der Waals surface area contributed by atoms with Crippen LogP contribution in [-0.4, -0.2) is 43.5 Å². The first-order chi connectivity index (χ1) is 12.0. The van der Waals surface area contributed by atoms with E-state index in [2.05, 4.69) is 22.1 Å². The number of carboxylic acids is 1. The smallest absolute Gasteiger partial charge is 0.323 e. The van der Waals surface area contributed by atoms with Crippen LogP contribution in [0.4, 0.5) is 0 Å². The maximum atomic E-state index is 12.4. The lowest BCUT2D eigenvalue weighted by molar-refractivity contribution is -0.139. The molecule has 0 saturated heterocycles. The van der Waals surface area contributed by atoms with Crippen LogP contribution in [0.25, 0.3) is 11.0 Å². The molecule has 0 bridgehead atoms. The van der Waals surface area contributed by atoms with E-state index < -0.39 is 24.6 Å². The van der Waals surface area contributed by atoms with Gasteiger partial charge in [0.25, 0.3) is 5.91 Å². The van der Waals surface area contributed by atoms with Crippen molar-refractivity contribution in [1.82, 2.24) is 14.9 Å².